The van der Waals surface area contributed by atoms with Gasteiger partial charge < -0.3 is 4.98 Å². The fraction of sp³-hybridized carbons (Fsp3) is 0.556. The molecular formula is C9H12N4. The van der Waals surface area contributed by atoms with E-state index in [9.17, 15) is 0 Å². The summed E-state index contributed by atoms with van der Waals surface area (Å²) in [6.07, 6.45) is 5.75. The molecule has 2 heterocycles. The number of imidazole rings is 1. The molecule has 1 aliphatic rings. The summed E-state index contributed by atoms with van der Waals surface area (Å²) in [5.41, 5.74) is 0.907. The van der Waals surface area contributed by atoms with E-state index in [-0.39, 0.29) is 6.04 Å². The molecule has 0 saturated carbocycles. The van der Waals surface area contributed by atoms with E-state index in [4.69, 9.17) is 5.26 Å². The Balaban J connectivity index is 2.14. The van der Waals surface area contributed by atoms with Crippen LogP contribution in [-0.4, -0.2) is 28.0 Å². The molecule has 1 fully saturated rings. The van der Waals surface area contributed by atoms with Gasteiger partial charge in [-0.1, -0.05) is 0 Å². The number of likely N-dealkylation sites (tertiary alicyclic amines) is 1. The van der Waals surface area contributed by atoms with E-state index in [1.165, 1.54) is 12.8 Å². The van der Waals surface area contributed by atoms with Crippen molar-refractivity contribution in [1.82, 2.24) is 14.9 Å². The summed E-state index contributed by atoms with van der Waals surface area (Å²) in [5, 5.41) is 9.02. The Morgan fingerprint density at radius 2 is 2.31 bits per heavy atom. The molecule has 1 aromatic rings. The summed E-state index contributed by atoms with van der Waals surface area (Å²) in [5.74, 6) is 0. The molecule has 1 atom stereocenters. The SMILES string of the molecule is N#CC(c1cnc[nH]1)N1CCCC1. The number of H-pyrrole nitrogens is 1. The maximum atomic E-state index is 9.02. The summed E-state index contributed by atoms with van der Waals surface area (Å²) in [6, 6.07) is 2.17. The van der Waals surface area contributed by atoms with Gasteiger partial charge in [-0.15, -0.1) is 0 Å². The van der Waals surface area contributed by atoms with Crippen molar-refractivity contribution in [3.05, 3.63) is 18.2 Å². The van der Waals surface area contributed by atoms with Crippen LogP contribution in [-0.2, 0) is 0 Å². The molecule has 0 aliphatic carbocycles. The third-order valence-corrected chi connectivity index (χ3v) is 2.44. The van der Waals surface area contributed by atoms with E-state index in [2.05, 4.69) is 20.9 Å². The maximum absolute atomic E-state index is 9.02. The zero-order valence-corrected chi connectivity index (χ0v) is 7.40. The number of hydrogen-bond donors (Lipinski definition) is 1. The first kappa shape index (κ1) is 8.27. The minimum atomic E-state index is -0.134. The van der Waals surface area contributed by atoms with Gasteiger partial charge in [0.25, 0.3) is 0 Å². The van der Waals surface area contributed by atoms with E-state index in [1.807, 2.05) is 0 Å². The summed E-state index contributed by atoms with van der Waals surface area (Å²) in [6.45, 7) is 2.05. The van der Waals surface area contributed by atoms with Crippen LogP contribution in [0.3, 0.4) is 0 Å². The standard InChI is InChI=1S/C9H12N4/c10-5-9(8-6-11-7-12-8)13-3-1-2-4-13/h6-7,9H,1-4H2,(H,11,12). The Labute approximate surface area is 77.2 Å². The second kappa shape index (κ2) is 3.58. The van der Waals surface area contributed by atoms with Gasteiger partial charge in [-0.05, 0) is 25.9 Å². The van der Waals surface area contributed by atoms with Crippen molar-refractivity contribution in [2.24, 2.45) is 0 Å². The molecule has 1 unspecified atom stereocenters. The van der Waals surface area contributed by atoms with Crippen LogP contribution >= 0.6 is 0 Å². The lowest BCUT2D eigenvalue weighted by Crippen LogP contribution is -2.24. The molecule has 4 nitrogen and oxygen atoms in total. The van der Waals surface area contributed by atoms with Gasteiger partial charge in [-0.25, -0.2) is 4.98 Å². The van der Waals surface area contributed by atoms with E-state index >= 15 is 0 Å². The van der Waals surface area contributed by atoms with Crippen LogP contribution < -0.4 is 0 Å². The number of aromatic amines is 1. The van der Waals surface area contributed by atoms with Gasteiger partial charge in [0.1, 0.15) is 6.04 Å². The molecule has 68 valence electrons. The Hall–Kier alpha value is -1.34. The Bertz CT molecular complexity index is 292. The van der Waals surface area contributed by atoms with Crippen LogP contribution in [0.5, 0.6) is 0 Å². The molecular weight excluding hydrogens is 164 g/mol. The molecule has 0 amide bonds. The first-order chi connectivity index (χ1) is 6.42. The molecule has 0 radical (unpaired) electrons. The highest BCUT2D eigenvalue weighted by Gasteiger charge is 2.23. The van der Waals surface area contributed by atoms with Gasteiger partial charge in [-0.3, -0.25) is 4.90 Å². The highest BCUT2D eigenvalue weighted by molar-refractivity contribution is 5.12. The number of nitrogens with zero attached hydrogens (tertiary/aromatic N) is 3. The topological polar surface area (TPSA) is 55.7 Å². The molecule has 1 aliphatic heterocycles. The fourth-order valence-corrected chi connectivity index (χ4v) is 1.76. The van der Waals surface area contributed by atoms with Gasteiger partial charge in [-0.2, -0.15) is 5.26 Å². The molecule has 0 aromatic carbocycles. The van der Waals surface area contributed by atoms with Crippen LogP contribution in [0, 0.1) is 11.3 Å². The first-order valence-electron chi connectivity index (χ1n) is 4.54. The van der Waals surface area contributed by atoms with Crippen LogP contribution in [0.4, 0.5) is 0 Å². The van der Waals surface area contributed by atoms with Gasteiger partial charge in [0.15, 0.2) is 0 Å². The highest BCUT2D eigenvalue weighted by Crippen LogP contribution is 2.22. The van der Waals surface area contributed by atoms with Gasteiger partial charge in [0.2, 0.25) is 0 Å². The number of nitrogens with one attached hydrogen (secondary N) is 1. The quantitative estimate of drug-likeness (QED) is 0.733. The average Bonchev–Trinajstić information content (AvgIpc) is 2.76. The lowest BCUT2D eigenvalue weighted by atomic mass is 10.2. The molecule has 1 N–H and O–H groups in total. The minimum absolute atomic E-state index is 0.134. The lowest BCUT2D eigenvalue weighted by Gasteiger charge is -2.19. The van der Waals surface area contributed by atoms with E-state index in [1.54, 1.807) is 12.5 Å². The largest absolute Gasteiger partial charge is 0.346 e. The summed E-state index contributed by atoms with van der Waals surface area (Å²) in [4.78, 5) is 9.11. The predicted molar refractivity (Wildman–Crippen MR) is 47.7 cm³/mol. The maximum Gasteiger partial charge on any atom is 0.140 e. The molecule has 0 bridgehead atoms. The molecule has 1 saturated heterocycles. The monoisotopic (exact) mass is 176 g/mol. The van der Waals surface area contributed by atoms with Crippen molar-refractivity contribution in [3.8, 4) is 6.07 Å². The highest BCUT2D eigenvalue weighted by atomic mass is 15.2. The number of nitriles is 1. The van der Waals surface area contributed by atoms with Gasteiger partial charge >= 0.3 is 0 Å². The number of hydrogen-bond acceptors (Lipinski definition) is 3. The number of rotatable bonds is 2. The summed E-state index contributed by atoms with van der Waals surface area (Å²) in [7, 11) is 0. The van der Waals surface area contributed by atoms with E-state index < -0.39 is 0 Å². The van der Waals surface area contributed by atoms with E-state index in [0.29, 0.717) is 0 Å². The first-order valence-corrected chi connectivity index (χ1v) is 4.54. The average molecular weight is 176 g/mol. The summed E-state index contributed by atoms with van der Waals surface area (Å²) < 4.78 is 0. The second-order valence-electron chi connectivity index (χ2n) is 3.28. The van der Waals surface area contributed by atoms with Crippen LogP contribution in [0.15, 0.2) is 12.5 Å². The molecule has 13 heavy (non-hydrogen) atoms. The van der Waals surface area contributed by atoms with Crippen molar-refractivity contribution in [2.75, 3.05) is 13.1 Å². The molecule has 0 spiro atoms. The Kier molecular flexibility index (Phi) is 2.28. The third-order valence-electron chi connectivity index (χ3n) is 2.44. The Morgan fingerprint density at radius 1 is 1.54 bits per heavy atom. The summed E-state index contributed by atoms with van der Waals surface area (Å²) >= 11 is 0. The van der Waals surface area contributed by atoms with Crippen molar-refractivity contribution in [3.63, 3.8) is 0 Å². The molecule has 2 rings (SSSR count). The zero-order valence-electron chi connectivity index (χ0n) is 7.40. The minimum Gasteiger partial charge on any atom is -0.346 e. The van der Waals surface area contributed by atoms with Crippen molar-refractivity contribution < 1.29 is 0 Å². The Morgan fingerprint density at radius 3 is 2.85 bits per heavy atom. The third kappa shape index (κ3) is 1.56. The van der Waals surface area contributed by atoms with Crippen molar-refractivity contribution >= 4 is 0 Å². The normalized spacial score (nSPS) is 19.9. The smallest absolute Gasteiger partial charge is 0.140 e. The van der Waals surface area contributed by atoms with Crippen LogP contribution in [0.1, 0.15) is 24.6 Å². The van der Waals surface area contributed by atoms with E-state index in [0.717, 1.165) is 18.8 Å². The molecule has 4 heteroatoms. The van der Waals surface area contributed by atoms with Crippen LogP contribution in [0.25, 0.3) is 0 Å². The van der Waals surface area contributed by atoms with Crippen LogP contribution in [0.2, 0.25) is 0 Å². The molecule has 1 aromatic heterocycles. The fourth-order valence-electron chi connectivity index (χ4n) is 1.76. The lowest BCUT2D eigenvalue weighted by molar-refractivity contribution is 0.290. The predicted octanol–water partition coefficient (Wildman–Crippen LogP) is 1.07. The zero-order chi connectivity index (χ0) is 9.10. The van der Waals surface area contributed by atoms with Crippen molar-refractivity contribution in [1.29, 1.82) is 5.26 Å². The van der Waals surface area contributed by atoms with Crippen molar-refractivity contribution in [2.45, 2.75) is 18.9 Å². The van der Waals surface area contributed by atoms with Gasteiger partial charge in [0, 0.05) is 0 Å². The van der Waals surface area contributed by atoms with Gasteiger partial charge in [0.05, 0.1) is 24.3 Å². The second-order valence-corrected chi connectivity index (χ2v) is 3.28. The number of aromatic nitrogens is 2.